The number of carbonyl (C=O) groups is 4. The van der Waals surface area contributed by atoms with Crippen LogP contribution in [0, 0.1) is 11.3 Å². The number of nitrogens with one attached hydrogen (secondary N) is 1. The number of aromatic nitrogens is 1. The minimum Gasteiger partial charge on any atom is -0.478 e. The lowest BCUT2D eigenvalue weighted by molar-refractivity contribution is -0.137. The first kappa shape index (κ1) is 31.0. The molecule has 0 saturated heterocycles. The first-order chi connectivity index (χ1) is 20.7. The highest BCUT2D eigenvalue weighted by Crippen LogP contribution is 2.44. The number of hydrogen-bond acceptors (Lipinski definition) is 8. The van der Waals surface area contributed by atoms with Gasteiger partial charge in [0, 0.05) is 32.3 Å². The number of nitriles is 1. The Morgan fingerprint density at radius 2 is 1.73 bits per heavy atom. The van der Waals surface area contributed by atoms with Crippen molar-refractivity contribution in [3.8, 4) is 17.2 Å². The van der Waals surface area contributed by atoms with Gasteiger partial charge in [0.1, 0.15) is 0 Å². The molecule has 226 valence electrons. The average molecular weight is 610 g/mol. The molecule has 0 radical (unpaired) electrons. The number of carboxylic acid groups (broad SMARTS) is 1. The number of hydrogen-bond donors (Lipinski definition) is 2. The van der Waals surface area contributed by atoms with Gasteiger partial charge in [-0.2, -0.15) is 18.4 Å². The molecule has 1 aromatic heterocycles. The van der Waals surface area contributed by atoms with Crippen LogP contribution >= 0.6 is 0 Å². The number of rotatable bonds is 6. The molecule has 2 N–H and O–H groups in total. The van der Waals surface area contributed by atoms with Crippen molar-refractivity contribution < 1.29 is 46.7 Å². The zero-order valence-electron chi connectivity index (χ0n) is 23.4. The lowest BCUT2D eigenvalue weighted by Crippen LogP contribution is -2.26. The topological polar surface area (TPSA) is 166 Å². The molecule has 0 bridgehead atoms. The number of halogens is 3. The van der Waals surface area contributed by atoms with Crippen LogP contribution in [0.5, 0.6) is 0 Å². The molecule has 0 aliphatic rings. The van der Waals surface area contributed by atoms with Gasteiger partial charge in [-0.25, -0.2) is 9.59 Å². The van der Waals surface area contributed by atoms with Gasteiger partial charge in [0.25, 0.3) is 5.91 Å². The second kappa shape index (κ2) is 11.8. The zero-order chi connectivity index (χ0) is 32.5. The van der Waals surface area contributed by atoms with Gasteiger partial charge in [0.15, 0.2) is 11.3 Å². The van der Waals surface area contributed by atoms with Crippen LogP contribution in [0.25, 0.3) is 22.1 Å². The van der Waals surface area contributed by atoms with Crippen LogP contribution < -0.4 is 15.1 Å². The van der Waals surface area contributed by atoms with E-state index in [1.54, 1.807) is 6.07 Å². The fraction of sp³-hybridized carbons (Fsp3) is 0.172. The maximum Gasteiger partial charge on any atom is 0.417 e. The quantitative estimate of drug-likeness (QED) is 0.286. The van der Waals surface area contributed by atoms with Crippen LogP contribution in [0.15, 0.2) is 53.1 Å². The molecule has 1 heterocycles. The van der Waals surface area contributed by atoms with Crippen LogP contribution in [-0.2, 0) is 15.7 Å². The molecule has 4 aromatic rings. The van der Waals surface area contributed by atoms with Gasteiger partial charge in [-0.05, 0) is 48.0 Å². The number of nitrogens with zero attached hydrogens (tertiary/aromatic N) is 4. The number of anilines is 3. The Labute approximate surface area is 246 Å². The third kappa shape index (κ3) is 5.86. The number of fused-ring (bicyclic) bond motifs is 1. The number of alkyl halides is 3. The first-order valence-corrected chi connectivity index (χ1v) is 12.5. The summed E-state index contributed by atoms with van der Waals surface area (Å²) >= 11 is 0. The smallest absolute Gasteiger partial charge is 0.417 e. The molecule has 44 heavy (non-hydrogen) atoms. The second-order valence-corrected chi connectivity index (χ2v) is 9.36. The number of amides is 3. The molecule has 0 aliphatic carbocycles. The van der Waals surface area contributed by atoms with E-state index in [1.807, 2.05) is 0 Å². The van der Waals surface area contributed by atoms with E-state index >= 15 is 0 Å². The van der Waals surface area contributed by atoms with Crippen molar-refractivity contribution in [2.45, 2.75) is 13.1 Å². The van der Waals surface area contributed by atoms with Crippen LogP contribution in [0.4, 0.5) is 35.0 Å². The van der Waals surface area contributed by atoms with E-state index < -0.39 is 35.6 Å². The Balaban J connectivity index is 1.88. The number of ether oxygens (including phenoxy) is 1. The molecular formula is C29H22F3N5O7. The highest BCUT2D eigenvalue weighted by atomic mass is 19.4. The summed E-state index contributed by atoms with van der Waals surface area (Å²) in [5.41, 5.74) is -2.70. The second-order valence-electron chi connectivity index (χ2n) is 9.36. The summed E-state index contributed by atoms with van der Waals surface area (Å²) in [6.07, 6.45) is -5.80. The number of methoxy groups -OCH3 is 1. The summed E-state index contributed by atoms with van der Waals surface area (Å²) in [4.78, 5) is 51.2. The van der Waals surface area contributed by atoms with E-state index in [0.717, 1.165) is 35.1 Å². The van der Waals surface area contributed by atoms with E-state index in [0.29, 0.717) is 0 Å². The van der Waals surface area contributed by atoms with Crippen LogP contribution in [0.3, 0.4) is 0 Å². The number of aromatic carboxylic acids is 1. The largest absolute Gasteiger partial charge is 0.478 e. The highest BCUT2D eigenvalue weighted by molar-refractivity contribution is 6.14. The van der Waals surface area contributed by atoms with E-state index in [4.69, 9.17) is 9.78 Å². The molecule has 12 nitrogen and oxygen atoms in total. The first-order valence-electron chi connectivity index (χ1n) is 12.5. The SMILES string of the molecule is COC(=O)N(C)c1ccc(-c2cc3onc(C(=O)Nc4ccc(C#N)cc4C(=O)O)c3cc2N(C)C(C)=O)c(C(F)(F)F)c1. The van der Waals surface area contributed by atoms with E-state index in [1.165, 1.54) is 51.4 Å². The Morgan fingerprint density at radius 1 is 1.02 bits per heavy atom. The summed E-state index contributed by atoms with van der Waals surface area (Å²) < 4.78 is 52.9. The minimum absolute atomic E-state index is 0.00970. The van der Waals surface area contributed by atoms with Crippen LogP contribution in [-0.4, -0.2) is 55.3 Å². The maximum atomic E-state index is 14.4. The van der Waals surface area contributed by atoms with Crippen molar-refractivity contribution in [2.24, 2.45) is 0 Å². The lowest BCUT2D eigenvalue weighted by Gasteiger charge is -2.23. The molecule has 0 saturated carbocycles. The van der Waals surface area contributed by atoms with Gasteiger partial charge in [-0.3, -0.25) is 14.5 Å². The molecular weight excluding hydrogens is 587 g/mol. The summed E-state index contributed by atoms with van der Waals surface area (Å²) in [6, 6.07) is 11.0. The predicted molar refractivity (Wildman–Crippen MR) is 150 cm³/mol. The Morgan fingerprint density at radius 3 is 2.32 bits per heavy atom. The third-order valence-corrected chi connectivity index (χ3v) is 6.70. The summed E-state index contributed by atoms with van der Waals surface area (Å²) in [7, 11) is 3.64. The summed E-state index contributed by atoms with van der Waals surface area (Å²) in [5.74, 6) is -2.89. The van der Waals surface area contributed by atoms with Crippen molar-refractivity contribution in [1.29, 1.82) is 5.26 Å². The van der Waals surface area contributed by atoms with Gasteiger partial charge in [-0.15, -0.1) is 0 Å². The minimum atomic E-state index is -4.90. The van der Waals surface area contributed by atoms with Crippen LogP contribution in [0.1, 0.15) is 38.9 Å². The lowest BCUT2D eigenvalue weighted by atomic mass is 9.95. The van der Waals surface area contributed by atoms with E-state index in [9.17, 15) is 37.5 Å². The van der Waals surface area contributed by atoms with Gasteiger partial charge >= 0.3 is 18.2 Å². The monoisotopic (exact) mass is 609 g/mol. The molecule has 3 amide bonds. The molecule has 0 aliphatic heterocycles. The summed E-state index contributed by atoms with van der Waals surface area (Å²) in [5, 5.41) is 24.7. The van der Waals surface area contributed by atoms with Crippen LogP contribution in [0.2, 0.25) is 0 Å². The molecule has 4 rings (SSSR count). The third-order valence-electron chi connectivity index (χ3n) is 6.70. The number of carboxylic acids is 1. The van der Waals surface area contributed by atoms with E-state index in [-0.39, 0.29) is 56.0 Å². The Hall–Kier alpha value is -5.91. The van der Waals surface area contributed by atoms with Crippen molar-refractivity contribution in [1.82, 2.24) is 5.16 Å². The molecule has 15 heteroatoms. The standard InChI is InChI=1S/C29H22F3N5O7/c1-14(38)36(2)23-11-20-24(44-35-25(20)26(39)34-22-8-5-15(13-33)9-19(22)27(40)41)12-18(23)17-7-6-16(37(3)28(42)43-4)10-21(17)29(30,31)32/h5-12H,1-4H3,(H,34,39)(H,40,41). The Kier molecular flexibility index (Phi) is 8.30. The zero-order valence-corrected chi connectivity index (χ0v) is 23.4. The number of benzene rings is 3. The fourth-order valence-corrected chi connectivity index (χ4v) is 4.33. The normalized spacial score (nSPS) is 11.0. The molecule has 3 aromatic carbocycles. The van der Waals surface area contributed by atoms with Crippen molar-refractivity contribution in [3.63, 3.8) is 0 Å². The molecule has 0 unspecified atom stereocenters. The Bertz CT molecular complexity index is 1880. The van der Waals surface area contributed by atoms with Gasteiger partial charge in [0.2, 0.25) is 5.91 Å². The van der Waals surface area contributed by atoms with Gasteiger partial charge < -0.3 is 24.6 Å². The maximum absolute atomic E-state index is 14.4. The predicted octanol–water partition coefficient (Wildman–Crippen LogP) is 5.52. The highest BCUT2D eigenvalue weighted by Gasteiger charge is 2.36. The van der Waals surface area contributed by atoms with Crippen molar-refractivity contribution >= 4 is 51.9 Å². The van der Waals surface area contributed by atoms with E-state index in [2.05, 4.69) is 15.2 Å². The van der Waals surface area contributed by atoms with Crippen molar-refractivity contribution in [2.75, 3.05) is 36.3 Å². The molecule has 0 fully saturated rings. The molecule has 0 spiro atoms. The molecule has 0 atom stereocenters. The van der Waals surface area contributed by atoms with Gasteiger partial charge in [0.05, 0.1) is 46.6 Å². The number of carbonyl (C=O) groups excluding carboxylic acids is 3. The van der Waals surface area contributed by atoms with Gasteiger partial charge in [-0.1, -0.05) is 11.2 Å². The average Bonchev–Trinajstić information content (AvgIpc) is 3.41. The fourth-order valence-electron chi connectivity index (χ4n) is 4.33. The summed E-state index contributed by atoms with van der Waals surface area (Å²) in [6.45, 7) is 1.19. The van der Waals surface area contributed by atoms with Crippen molar-refractivity contribution in [3.05, 3.63) is 70.9 Å².